The van der Waals surface area contributed by atoms with E-state index in [-0.39, 0.29) is 35.5 Å². The standard InChI is InChI=1S/C34H35BrFN3O4S/c1-3-25(2)37-34(41)32(22-26-10-6-4-7-11-26)38(23-27-14-16-28(35)17-15-27)33(40)24-39(30-20-18-29(36)19-21-30)44(42,43)31-12-8-5-9-13-31/h4-21,25,32H,3,22-24H2,1-2H3,(H,37,41)/t25-,32+/m0/s1. The van der Waals surface area contributed by atoms with E-state index in [0.29, 0.717) is 6.42 Å². The molecule has 0 saturated carbocycles. The van der Waals surface area contributed by atoms with E-state index in [1.807, 2.05) is 68.4 Å². The fourth-order valence-electron chi connectivity index (χ4n) is 4.64. The molecule has 0 bridgehead atoms. The van der Waals surface area contributed by atoms with Gasteiger partial charge < -0.3 is 10.2 Å². The predicted octanol–water partition coefficient (Wildman–Crippen LogP) is 6.34. The number of amides is 2. The predicted molar refractivity (Wildman–Crippen MR) is 174 cm³/mol. The second-order valence-corrected chi connectivity index (χ2v) is 13.3. The van der Waals surface area contributed by atoms with Crippen LogP contribution >= 0.6 is 15.9 Å². The summed E-state index contributed by atoms with van der Waals surface area (Å²) < 4.78 is 43.5. The van der Waals surface area contributed by atoms with Crippen molar-refractivity contribution in [2.24, 2.45) is 0 Å². The summed E-state index contributed by atoms with van der Waals surface area (Å²) in [6.45, 7) is 3.29. The van der Waals surface area contributed by atoms with E-state index < -0.39 is 34.3 Å². The summed E-state index contributed by atoms with van der Waals surface area (Å²) >= 11 is 3.44. The van der Waals surface area contributed by atoms with Crippen molar-refractivity contribution in [1.82, 2.24) is 10.2 Å². The van der Waals surface area contributed by atoms with Gasteiger partial charge in [-0.15, -0.1) is 0 Å². The number of sulfonamides is 1. The summed E-state index contributed by atoms with van der Waals surface area (Å²) in [6, 6.07) is 28.3. The van der Waals surface area contributed by atoms with Gasteiger partial charge in [0.25, 0.3) is 10.0 Å². The lowest BCUT2D eigenvalue weighted by Gasteiger charge is -2.34. The third-order valence-electron chi connectivity index (χ3n) is 7.26. The van der Waals surface area contributed by atoms with Crippen LogP contribution in [0.5, 0.6) is 0 Å². The van der Waals surface area contributed by atoms with E-state index in [1.165, 1.54) is 29.2 Å². The van der Waals surface area contributed by atoms with Gasteiger partial charge in [0.15, 0.2) is 0 Å². The molecular formula is C34H35BrFN3O4S. The van der Waals surface area contributed by atoms with Crippen molar-refractivity contribution in [3.63, 3.8) is 0 Å². The molecule has 4 rings (SSSR count). The van der Waals surface area contributed by atoms with Crippen LogP contribution in [0.2, 0.25) is 0 Å². The summed E-state index contributed by atoms with van der Waals surface area (Å²) in [6.07, 6.45) is 0.908. The van der Waals surface area contributed by atoms with Crippen LogP contribution in [-0.4, -0.2) is 43.8 Å². The van der Waals surface area contributed by atoms with E-state index in [1.54, 1.807) is 18.2 Å². The molecule has 2 atom stereocenters. The van der Waals surface area contributed by atoms with Crippen LogP contribution in [0.1, 0.15) is 31.4 Å². The maximum Gasteiger partial charge on any atom is 0.264 e. The van der Waals surface area contributed by atoms with Crippen LogP contribution in [0.4, 0.5) is 10.1 Å². The molecule has 0 radical (unpaired) electrons. The molecule has 2 amide bonds. The van der Waals surface area contributed by atoms with Crippen molar-refractivity contribution >= 4 is 43.5 Å². The average molecular weight is 681 g/mol. The zero-order valence-corrected chi connectivity index (χ0v) is 27.0. The minimum absolute atomic E-state index is 0.0214. The highest BCUT2D eigenvalue weighted by molar-refractivity contribution is 9.10. The molecule has 0 fully saturated rings. The number of benzene rings is 4. The van der Waals surface area contributed by atoms with Crippen LogP contribution in [0.15, 0.2) is 119 Å². The van der Waals surface area contributed by atoms with E-state index in [9.17, 15) is 22.4 Å². The molecule has 0 heterocycles. The van der Waals surface area contributed by atoms with Gasteiger partial charge in [-0.3, -0.25) is 13.9 Å². The van der Waals surface area contributed by atoms with Gasteiger partial charge >= 0.3 is 0 Å². The normalized spacial score (nSPS) is 12.6. The first-order valence-electron chi connectivity index (χ1n) is 14.3. The first-order chi connectivity index (χ1) is 21.1. The molecule has 0 aliphatic rings. The molecule has 0 spiro atoms. The van der Waals surface area contributed by atoms with E-state index in [2.05, 4.69) is 21.2 Å². The number of rotatable bonds is 13. The monoisotopic (exact) mass is 679 g/mol. The van der Waals surface area contributed by atoms with Crippen molar-refractivity contribution in [3.05, 3.63) is 131 Å². The molecule has 7 nitrogen and oxygen atoms in total. The first kappa shape index (κ1) is 32.9. The molecule has 4 aromatic carbocycles. The molecule has 0 aliphatic carbocycles. The summed E-state index contributed by atoms with van der Waals surface area (Å²) in [4.78, 5) is 29.6. The van der Waals surface area contributed by atoms with Gasteiger partial charge in [-0.2, -0.15) is 0 Å². The number of carbonyl (C=O) groups is 2. The lowest BCUT2D eigenvalue weighted by molar-refractivity contribution is -0.140. The van der Waals surface area contributed by atoms with E-state index in [4.69, 9.17) is 0 Å². The largest absolute Gasteiger partial charge is 0.352 e. The van der Waals surface area contributed by atoms with Gasteiger partial charge in [-0.05, 0) is 73.0 Å². The molecule has 0 unspecified atom stereocenters. The van der Waals surface area contributed by atoms with Crippen LogP contribution < -0.4 is 9.62 Å². The Bertz CT molecular complexity index is 1640. The minimum atomic E-state index is -4.25. The van der Waals surface area contributed by atoms with Gasteiger partial charge in [0.2, 0.25) is 11.8 Å². The second-order valence-electron chi connectivity index (χ2n) is 10.5. The molecule has 10 heteroatoms. The van der Waals surface area contributed by atoms with Crippen LogP contribution in [0.3, 0.4) is 0 Å². The molecule has 0 saturated heterocycles. The van der Waals surface area contributed by atoms with Crippen LogP contribution in [0.25, 0.3) is 0 Å². The molecular weight excluding hydrogens is 645 g/mol. The minimum Gasteiger partial charge on any atom is -0.352 e. The molecule has 4 aromatic rings. The Hall–Kier alpha value is -4.02. The van der Waals surface area contributed by atoms with Gasteiger partial charge in [0.05, 0.1) is 10.6 Å². The Morgan fingerprint density at radius 2 is 1.43 bits per heavy atom. The number of halogens is 2. The summed E-state index contributed by atoms with van der Waals surface area (Å²) in [5, 5.41) is 3.01. The quantitative estimate of drug-likeness (QED) is 0.179. The Balaban J connectivity index is 1.79. The SMILES string of the molecule is CC[C@H](C)NC(=O)[C@@H](Cc1ccccc1)N(Cc1ccc(Br)cc1)C(=O)CN(c1ccc(F)cc1)S(=O)(=O)c1ccccc1. The molecule has 44 heavy (non-hydrogen) atoms. The number of hydrogen-bond donors (Lipinski definition) is 1. The smallest absolute Gasteiger partial charge is 0.264 e. The molecule has 0 aromatic heterocycles. The van der Waals surface area contributed by atoms with Crippen molar-refractivity contribution in [2.75, 3.05) is 10.8 Å². The van der Waals surface area contributed by atoms with Crippen LogP contribution in [-0.2, 0) is 32.6 Å². The second kappa shape index (κ2) is 15.1. The Labute approximate surface area is 266 Å². The van der Waals surface area contributed by atoms with Crippen molar-refractivity contribution in [1.29, 1.82) is 0 Å². The Kier molecular flexibility index (Phi) is 11.3. The summed E-state index contributed by atoms with van der Waals surface area (Å²) in [5.41, 5.74) is 1.73. The average Bonchev–Trinajstić information content (AvgIpc) is 3.03. The van der Waals surface area contributed by atoms with Gasteiger partial charge in [0, 0.05) is 23.5 Å². The fourth-order valence-corrected chi connectivity index (χ4v) is 6.34. The molecule has 230 valence electrons. The molecule has 1 N–H and O–H groups in total. The first-order valence-corrected chi connectivity index (χ1v) is 16.5. The van der Waals surface area contributed by atoms with Crippen molar-refractivity contribution < 1.29 is 22.4 Å². The fraction of sp³-hybridized carbons (Fsp3) is 0.235. The van der Waals surface area contributed by atoms with Gasteiger partial charge in [0.1, 0.15) is 18.4 Å². The number of anilines is 1. The maximum atomic E-state index is 14.4. The number of carbonyl (C=O) groups excluding carboxylic acids is 2. The third-order valence-corrected chi connectivity index (χ3v) is 9.58. The summed E-state index contributed by atoms with van der Waals surface area (Å²) in [5.74, 6) is -1.47. The zero-order valence-electron chi connectivity index (χ0n) is 24.6. The Morgan fingerprint density at radius 3 is 2.02 bits per heavy atom. The molecule has 0 aliphatic heterocycles. The van der Waals surface area contributed by atoms with Crippen molar-refractivity contribution in [2.45, 2.75) is 50.2 Å². The van der Waals surface area contributed by atoms with Crippen molar-refractivity contribution in [3.8, 4) is 0 Å². The highest BCUT2D eigenvalue weighted by Crippen LogP contribution is 2.25. The highest BCUT2D eigenvalue weighted by atomic mass is 79.9. The third kappa shape index (κ3) is 8.54. The topological polar surface area (TPSA) is 86.8 Å². The van der Waals surface area contributed by atoms with E-state index in [0.717, 1.165) is 32.0 Å². The number of nitrogens with zero attached hydrogens (tertiary/aromatic N) is 2. The number of hydrogen-bond acceptors (Lipinski definition) is 4. The highest BCUT2D eigenvalue weighted by Gasteiger charge is 2.35. The van der Waals surface area contributed by atoms with Crippen LogP contribution in [0, 0.1) is 5.82 Å². The number of nitrogens with one attached hydrogen (secondary N) is 1. The Morgan fingerprint density at radius 1 is 0.841 bits per heavy atom. The van der Waals surface area contributed by atoms with Gasteiger partial charge in [-0.1, -0.05) is 83.5 Å². The van der Waals surface area contributed by atoms with E-state index >= 15 is 0 Å². The van der Waals surface area contributed by atoms with Gasteiger partial charge in [-0.25, -0.2) is 12.8 Å². The lowest BCUT2D eigenvalue weighted by Crippen LogP contribution is -2.54. The maximum absolute atomic E-state index is 14.4. The lowest BCUT2D eigenvalue weighted by atomic mass is 10.0. The zero-order chi connectivity index (χ0) is 31.7. The summed E-state index contributed by atoms with van der Waals surface area (Å²) in [7, 11) is -4.25.